The van der Waals surface area contributed by atoms with Gasteiger partial charge in [-0.05, 0) is 28.5 Å². The van der Waals surface area contributed by atoms with Gasteiger partial charge in [-0.3, -0.25) is 0 Å². The van der Waals surface area contributed by atoms with Gasteiger partial charge in [-0.2, -0.15) is 0 Å². The zero-order valence-corrected chi connectivity index (χ0v) is 10.2. The number of ether oxygens (including phenoxy) is 1. The van der Waals surface area contributed by atoms with Crippen LogP contribution in [0.15, 0.2) is 30.5 Å². The van der Waals surface area contributed by atoms with Gasteiger partial charge in [0, 0.05) is 11.6 Å². The molecule has 0 saturated heterocycles. The molecule has 1 heterocycles. The molecule has 0 aliphatic rings. The molecule has 0 amide bonds. The summed E-state index contributed by atoms with van der Waals surface area (Å²) in [6.07, 6.45) is 1.78. The Bertz CT molecular complexity index is 512. The highest BCUT2D eigenvalue weighted by atomic mass is 16.5. The largest absolute Gasteiger partial charge is 0.481 e. The zero-order chi connectivity index (χ0) is 11.8. The molecule has 0 spiro atoms. The number of benzene rings is 1. The second-order valence-electron chi connectivity index (χ2n) is 5.01. The van der Waals surface area contributed by atoms with Crippen molar-refractivity contribution < 1.29 is 4.74 Å². The Balaban J connectivity index is 2.68. The van der Waals surface area contributed by atoms with Gasteiger partial charge in [0.1, 0.15) is 0 Å². The number of rotatable bonds is 1. The molecule has 0 aliphatic heterocycles. The van der Waals surface area contributed by atoms with Crippen LogP contribution in [0.3, 0.4) is 0 Å². The summed E-state index contributed by atoms with van der Waals surface area (Å²) in [7, 11) is 1.66. The van der Waals surface area contributed by atoms with Gasteiger partial charge < -0.3 is 4.74 Å². The Labute approximate surface area is 96.3 Å². The molecule has 16 heavy (non-hydrogen) atoms. The van der Waals surface area contributed by atoms with E-state index >= 15 is 0 Å². The zero-order valence-electron chi connectivity index (χ0n) is 10.2. The molecule has 0 radical (unpaired) electrons. The van der Waals surface area contributed by atoms with Gasteiger partial charge in [0.2, 0.25) is 5.88 Å². The first kappa shape index (κ1) is 10.9. The fraction of sp³-hybridized carbons (Fsp3) is 0.357. The Morgan fingerprint density at radius 3 is 2.50 bits per heavy atom. The monoisotopic (exact) mass is 215 g/mol. The molecule has 0 N–H and O–H groups in total. The van der Waals surface area contributed by atoms with E-state index in [4.69, 9.17) is 4.74 Å². The van der Waals surface area contributed by atoms with E-state index in [0.717, 1.165) is 5.39 Å². The molecule has 0 saturated carbocycles. The van der Waals surface area contributed by atoms with Crippen LogP contribution < -0.4 is 4.74 Å². The van der Waals surface area contributed by atoms with Crippen molar-refractivity contribution in [2.24, 2.45) is 0 Å². The van der Waals surface area contributed by atoms with Crippen LogP contribution in [0.2, 0.25) is 0 Å². The van der Waals surface area contributed by atoms with Crippen molar-refractivity contribution in [2.75, 3.05) is 7.11 Å². The minimum Gasteiger partial charge on any atom is -0.481 e. The molecule has 0 fully saturated rings. The van der Waals surface area contributed by atoms with Crippen LogP contribution in [-0.2, 0) is 5.41 Å². The summed E-state index contributed by atoms with van der Waals surface area (Å²) in [4.78, 5) is 4.23. The summed E-state index contributed by atoms with van der Waals surface area (Å²) in [5.74, 6) is 0.698. The maximum absolute atomic E-state index is 5.28. The number of hydrogen-bond donors (Lipinski definition) is 0. The van der Waals surface area contributed by atoms with E-state index in [2.05, 4.69) is 44.0 Å². The molecule has 0 unspecified atom stereocenters. The summed E-state index contributed by atoms with van der Waals surface area (Å²) in [6, 6.07) is 8.47. The van der Waals surface area contributed by atoms with Crippen LogP contribution in [0.5, 0.6) is 5.88 Å². The van der Waals surface area contributed by atoms with Crippen LogP contribution >= 0.6 is 0 Å². The number of hydrogen-bond acceptors (Lipinski definition) is 2. The molecular weight excluding hydrogens is 198 g/mol. The van der Waals surface area contributed by atoms with Gasteiger partial charge in [-0.25, -0.2) is 4.98 Å². The SMILES string of the molecule is COc1nccc2ccc(C(C)(C)C)cc12. The number of fused-ring (bicyclic) bond motifs is 1. The number of methoxy groups -OCH3 is 1. The number of pyridine rings is 1. The molecule has 84 valence electrons. The second kappa shape index (κ2) is 3.78. The van der Waals surface area contributed by atoms with E-state index in [0.29, 0.717) is 5.88 Å². The Kier molecular flexibility index (Phi) is 2.58. The van der Waals surface area contributed by atoms with Crippen molar-refractivity contribution in [1.82, 2.24) is 4.98 Å². The van der Waals surface area contributed by atoms with Crippen molar-refractivity contribution in [3.05, 3.63) is 36.0 Å². The average Bonchev–Trinajstić information content (AvgIpc) is 2.26. The third-order valence-electron chi connectivity index (χ3n) is 2.79. The molecular formula is C14H17NO. The molecule has 1 aromatic heterocycles. The van der Waals surface area contributed by atoms with Crippen LogP contribution in [0.4, 0.5) is 0 Å². The first-order valence-electron chi connectivity index (χ1n) is 5.45. The van der Waals surface area contributed by atoms with Crippen molar-refractivity contribution >= 4 is 10.8 Å². The van der Waals surface area contributed by atoms with Gasteiger partial charge in [-0.1, -0.05) is 32.9 Å². The van der Waals surface area contributed by atoms with Gasteiger partial charge >= 0.3 is 0 Å². The first-order chi connectivity index (χ1) is 7.52. The Morgan fingerprint density at radius 2 is 1.88 bits per heavy atom. The van der Waals surface area contributed by atoms with E-state index in [9.17, 15) is 0 Å². The lowest BCUT2D eigenvalue weighted by atomic mass is 9.86. The minimum atomic E-state index is 0.148. The highest BCUT2D eigenvalue weighted by molar-refractivity contribution is 5.87. The highest BCUT2D eigenvalue weighted by Gasteiger charge is 2.14. The third kappa shape index (κ3) is 1.87. The van der Waals surface area contributed by atoms with Crippen molar-refractivity contribution in [1.29, 1.82) is 0 Å². The maximum atomic E-state index is 5.28. The summed E-state index contributed by atoms with van der Waals surface area (Å²) in [6.45, 7) is 6.62. The molecule has 2 heteroatoms. The standard InChI is InChI=1S/C14H17NO/c1-14(2,3)11-6-5-10-7-8-15-13(16-4)12(10)9-11/h5-9H,1-4H3. The molecule has 1 aromatic carbocycles. The lowest BCUT2D eigenvalue weighted by Gasteiger charge is -2.19. The lowest BCUT2D eigenvalue weighted by Crippen LogP contribution is -2.10. The van der Waals surface area contributed by atoms with Crippen molar-refractivity contribution in [2.45, 2.75) is 26.2 Å². The Hall–Kier alpha value is -1.57. The topological polar surface area (TPSA) is 22.1 Å². The summed E-state index contributed by atoms with van der Waals surface area (Å²) in [5.41, 5.74) is 1.45. The van der Waals surface area contributed by atoms with Gasteiger partial charge in [0.25, 0.3) is 0 Å². The second-order valence-corrected chi connectivity index (χ2v) is 5.01. The minimum absolute atomic E-state index is 0.148. The predicted octanol–water partition coefficient (Wildman–Crippen LogP) is 3.54. The molecule has 2 nitrogen and oxygen atoms in total. The third-order valence-corrected chi connectivity index (χ3v) is 2.79. The highest BCUT2D eigenvalue weighted by Crippen LogP contribution is 2.29. The van der Waals surface area contributed by atoms with Gasteiger partial charge in [-0.15, -0.1) is 0 Å². The van der Waals surface area contributed by atoms with Crippen LogP contribution in [0, 0.1) is 0 Å². The van der Waals surface area contributed by atoms with E-state index in [1.807, 2.05) is 6.07 Å². The van der Waals surface area contributed by atoms with Gasteiger partial charge in [0.05, 0.1) is 7.11 Å². The Morgan fingerprint density at radius 1 is 1.12 bits per heavy atom. The smallest absolute Gasteiger partial charge is 0.221 e. The summed E-state index contributed by atoms with van der Waals surface area (Å²) in [5, 5.41) is 2.25. The predicted molar refractivity (Wildman–Crippen MR) is 67.0 cm³/mol. The fourth-order valence-corrected chi connectivity index (χ4v) is 1.77. The molecule has 0 bridgehead atoms. The van der Waals surface area contributed by atoms with Crippen LogP contribution in [0.25, 0.3) is 10.8 Å². The van der Waals surface area contributed by atoms with E-state index in [1.54, 1.807) is 13.3 Å². The number of nitrogens with zero attached hydrogens (tertiary/aromatic N) is 1. The molecule has 2 aromatic rings. The summed E-state index contributed by atoms with van der Waals surface area (Å²) >= 11 is 0. The van der Waals surface area contributed by atoms with Gasteiger partial charge in [0.15, 0.2) is 0 Å². The number of aromatic nitrogens is 1. The van der Waals surface area contributed by atoms with E-state index in [1.165, 1.54) is 10.9 Å². The average molecular weight is 215 g/mol. The van der Waals surface area contributed by atoms with E-state index in [-0.39, 0.29) is 5.41 Å². The van der Waals surface area contributed by atoms with Crippen LogP contribution in [0.1, 0.15) is 26.3 Å². The quantitative estimate of drug-likeness (QED) is 0.726. The van der Waals surface area contributed by atoms with Crippen molar-refractivity contribution in [3.63, 3.8) is 0 Å². The first-order valence-corrected chi connectivity index (χ1v) is 5.45. The van der Waals surface area contributed by atoms with Crippen LogP contribution in [-0.4, -0.2) is 12.1 Å². The fourth-order valence-electron chi connectivity index (χ4n) is 1.77. The normalized spacial score (nSPS) is 11.8. The lowest BCUT2D eigenvalue weighted by molar-refractivity contribution is 0.403. The molecule has 0 atom stereocenters. The maximum Gasteiger partial charge on any atom is 0.221 e. The van der Waals surface area contributed by atoms with E-state index < -0.39 is 0 Å². The van der Waals surface area contributed by atoms with Crippen molar-refractivity contribution in [3.8, 4) is 5.88 Å². The molecule has 2 rings (SSSR count). The summed E-state index contributed by atoms with van der Waals surface area (Å²) < 4.78 is 5.28. The molecule has 0 aliphatic carbocycles.